The lowest BCUT2D eigenvalue weighted by Crippen LogP contribution is -2.41. The van der Waals surface area contributed by atoms with Gasteiger partial charge in [0.2, 0.25) is 0 Å². The molecule has 2 atom stereocenters. The van der Waals surface area contributed by atoms with Crippen LogP contribution in [0.3, 0.4) is 0 Å². The number of nitrogens with zero attached hydrogens (tertiary/aromatic N) is 1. The first-order valence-corrected chi connectivity index (χ1v) is 7.35. The van der Waals surface area contributed by atoms with Gasteiger partial charge in [0, 0.05) is 31.3 Å². The zero-order chi connectivity index (χ0) is 11.3. The first-order chi connectivity index (χ1) is 7.12. The number of rotatable bonds is 5. The second-order valence-corrected chi connectivity index (χ2v) is 6.00. The largest absolute Gasteiger partial charge is 0.378 e. The minimum Gasteiger partial charge on any atom is -0.378 e. The fourth-order valence-corrected chi connectivity index (χ4v) is 3.94. The highest BCUT2D eigenvalue weighted by Gasteiger charge is 2.36. The lowest BCUT2D eigenvalue weighted by Gasteiger charge is -2.35. The SMILES string of the molecule is O=[P@@]1(N(CCCl)CCCl)N[C@H](O)CCO1. The zero-order valence-electron chi connectivity index (χ0n) is 8.23. The Labute approximate surface area is 99.2 Å². The summed E-state index contributed by atoms with van der Waals surface area (Å²) in [6.07, 6.45) is -0.364. The first-order valence-electron chi connectivity index (χ1n) is 4.70. The van der Waals surface area contributed by atoms with Crippen LogP contribution in [0, 0.1) is 0 Å². The van der Waals surface area contributed by atoms with E-state index in [1.807, 2.05) is 0 Å². The summed E-state index contributed by atoms with van der Waals surface area (Å²) in [5, 5.41) is 11.9. The predicted molar refractivity (Wildman–Crippen MR) is 60.3 cm³/mol. The molecule has 1 aliphatic heterocycles. The summed E-state index contributed by atoms with van der Waals surface area (Å²) in [6, 6.07) is 0. The van der Waals surface area contributed by atoms with Crippen molar-refractivity contribution in [2.24, 2.45) is 0 Å². The molecule has 0 aromatic carbocycles. The quantitative estimate of drug-likeness (QED) is 0.584. The van der Waals surface area contributed by atoms with Crippen molar-refractivity contribution >= 4 is 30.9 Å². The Balaban J connectivity index is 2.66. The van der Waals surface area contributed by atoms with Crippen LogP contribution >= 0.6 is 30.9 Å². The lowest BCUT2D eigenvalue weighted by molar-refractivity contribution is 0.0885. The van der Waals surface area contributed by atoms with Crippen LogP contribution in [-0.2, 0) is 9.09 Å². The molecule has 0 radical (unpaired) electrons. The number of halogens is 2. The van der Waals surface area contributed by atoms with Crippen molar-refractivity contribution in [3.8, 4) is 0 Å². The Morgan fingerprint density at radius 2 is 2.07 bits per heavy atom. The van der Waals surface area contributed by atoms with Gasteiger partial charge < -0.3 is 9.63 Å². The third-order valence-electron chi connectivity index (χ3n) is 2.03. The van der Waals surface area contributed by atoms with E-state index in [-0.39, 0.29) is 6.61 Å². The van der Waals surface area contributed by atoms with E-state index >= 15 is 0 Å². The molecule has 2 N–H and O–H groups in total. The standard InChI is InChI=1S/C7H15Cl2N2O3P/c8-2-4-11(5-3-9)15(13)10-7(12)1-6-14-15/h7,12H,1-6H2,(H,10,13)/t7-,15+/m1/s1. The minimum absolute atomic E-state index is 0.270. The van der Waals surface area contributed by atoms with Crippen molar-refractivity contribution in [3.63, 3.8) is 0 Å². The molecule has 0 aromatic heterocycles. The average Bonchev–Trinajstić information content (AvgIpc) is 2.17. The molecule has 90 valence electrons. The van der Waals surface area contributed by atoms with Crippen molar-refractivity contribution in [1.82, 2.24) is 9.76 Å². The molecule has 1 aliphatic rings. The van der Waals surface area contributed by atoms with E-state index in [1.54, 1.807) is 4.67 Å². The molecule has 0 aliphatic carbocycles. The van der Waals surface area contributed by atoms with E-state index in [1.165, 1.54) is 0 Å². The molecule has 0 aromatic rings. The molecular weight excluding hydrogens is 262 g/mol. The highest BCUT2D eigenvalue weighted by molar-refractivity contribution is 7.54. The number of hydrogen-bond acceptors (Lipinski definition) is 3. The molecule has 0 amide bonds. The smallest absolute Gasteiger partial charge is 0.345 e. The van der Waals surface area contributed by atoms with Crippen molar-refractivity contribution < 1.29 is 14.2 Å². The van der Waals surface area contributed by atoms with Crippen LogP contribution in [-0.4, -0.2) is 47.5 Å². The normalized spacial score (nSPS) is 32.1. The number of aliphatic hydroxyl groups excluding tert-OH is 1. The highest BCUT2D eigenvalue weighted by Crippen LogP contribution is 2.49. The third-order valence-corrected chi connectivity index (χ3v) is 4.67. The van der Waals surface area contributed by atoms with Crippen LogP contribution in [0.4, 0.5) is 0 Å². The summed E-state index contributed by atoms with van der Waals surface area (Å²) < 4.78 is 19.0. The van der Waals surface area contributed by atoms with Gasteiger partial charge in [-0.25, -0.2) is 9.76 Å². The second kappa shape index (κ2) is 6.40. The molecule has 0 spiro atoms. The van der Waals surface area contributed by atoms with E-state index in [2.05, 4.69) is 5.09 Å². The van der Waals surface area contributed by atoms with Crippen LogP contribution in [0.25, 0.3) is 0 Å². The van der Waals surface area contributed by atoms with Crippen molar-refractivity contribution in [3.05, 3.63) is 0 Å². The van der Waals surface area contributed by atoms with E-state index < -0.39 is 13.9 Å². The van der Waals surface area contributed by atoms with Crippen LogP contribution in [0.2, 0.25) is 0 Å². The van der Waals surface area contributed by atoms with Gasteiger partial charge in [-0.1, -0.05) is 0 Å². The molecule has 1 saturated heterocycles. The maximum Gasteiger partial charge on any atom is 0.345 e. The van der Waals surface area contributed by atoms with Gasteiger partial charge in [0.1, 0.15) is 6.23 Å². The van der Waals surface area contributed by atoms with Crippen molar-refractivity contribution in [1.29, 1.82) is 0 Å². The van der Waals surface area contributed by atoms with Gasteiger partial charge in [-0.2, -0.15) is 0 Å². The molecule has 8 heteroatoms. The Morgan fingerprint density at radius 3 is 2.53 bits per heavy atom. The van der Waals surface area contributed by atoms with Gasteiger partial charge in [0.25, 0.3) is 0 Å². The van der Waals surface area contributed by atoms with Gasteiger partial charge in [-0.15, -0.1) is 23.2 Å². The maximum absolute atomic E-state index is 12.2. The summed E-state index contributed by atoms with van der Waals surface area (Å²) in [5.74, 6) is 0.671. The topological polar surface area (TPSA) is 61.8 Å². The van der Waals surface area contributed by atoms with E-state index in [0.717, 1.165) is 0 Å². The van der Waals surface area contributed by atoms with Gasteiger partial charge in [-0.05, 0) is 0 Å². The Kier molecular flexibility index (Phi) is 5.85. The lowest BCUT2D eigenvalue weighted by atomic mass is 10.4. The van der Waals surface area contributed by atoms with E-state index in [4.69, 9.17) is 27.7 Å². The summed E-state index contributed by atoms with van der Waals surface area (Å²) >= 11 is 11.2. The zero-order valence-corrected chi connectivity index (χ0v) is 10.6. The maximum atomic E-state index is 12.2. The van der Waals surface area contributed by atoms with Crippen molar-refractivity contribution in [2.75, 3.05) is 31.5 Å². The Hall–Kier alpha value is 0.650. The minimum atomic E-state index is -3.15. The molecule has 15 heavy (non-hydrogen) atoms. The van der Waals surface area contributed by atoms with E-state index in [0.29, 0.717) is 31.3 Å². The Bertz CT molecular complexity index is 238. The molecule has 1 heterocycles. The van der Waals surface area contributed by atoms with Crippen LogP contribution in [0.15, 0.2) is 0 Å². The first kappa shape index (κ1) is 13.7. The molecule has 1 fully saturated rings. The third kappa shape index (κ3) is 3.86. The van der Waals surface area contributed by atoms with Crippen LogP contribution < -0.4 is 5.09 Å². The summed E-state index contributed by atoms with van der Waals surface area (Å²) in [4.78, 5) is 0. The fourth-order valence-electron chi connectivity index (χ4n) is 1.31. The Morgan fingerprint density at radius 1 is 1.47 bits per heavy atom. The molecule has 0 unspecified atom stereocenters. The van der Waals surface area contributed by atoms with Gasteiger partial charge in [-0.3, -0.25) is 4.57 Å². The summed E-state index contributed by atoms with van der Waals surface area (Å²) in [5.41, 5.74) is 0. The number of alkyl halides is 2. The molecule has 5 nitrogen and oxygen atoms in total. The van der Waals surface area contributed by atoms with Gasteiger partial charge in [0.05, 0.1) is 6.61 Å². The average molecular weight is 277 g/mol. The second-order valence-electron chi connectivity index (χ2n) is 3.12. The summed E-state index contributed by atoms with van der Waals surface area (Å²) in [6.45, 7) is 1.09. The van der Waals surface area contributed by atoms with Gasteiger partial charge >= 0.3 is 7.67 Å². The number of aliphatic hydroxyl groups is 1. The van der Waals surface area contributed by atoms with Gasteiger partial charge in [0.15, 0.2) is 0 Å². The predicted octanol–water partition coefficient (Wildman–Crippen LogP) is 1.20. The number of hydrogen-bond donors (Lipinski definition) is 2. The molecule has 0 bridgehead atoms. The van der Waals surface area contributed by atoms with Crippen LogP contribution in [0.1, 0.15) is 6.42 Å². The van der Waals surface area contributed by atoms with Crippen molar-refractivity contribution in [2.45, 2.75) is 12.6 Å². The number of nitrogens with one attached hydrogen (secondary N) is 1. The fraction of sp³-hybridized carbons (Fsp3) is 1.00. The van der Waals surface area contributed by atoms with Crippen LogP contribution in [0.5, 0.6) is 0 Å². The summed E-state index contributed by atoms with van der Waals surface area (Å²) in [7, 11) is -3.15. The molecule has 1 rings (SSSR count). The highest BCUT2D eigenvalue weighted by atomic mass is 35.5. The van der Waals surface area contributed by atoms with E-state index in [9.17, 15) is 9.67 Å². The monoisotopic (exact) mass is 276 g/mol. The molecular formula is C7H15Cl2N2O3P. The molecule has 0 saturated carbocycles.